The summed E-state index contributed by atoms with van der Waals surface area (Å²) < 4.78 is 5.33. The van der Waals surface area contributed by atoms with E-state index in [9.17, 15) is 0 Å². The molecule has 2 nitrogen and oxygen atoms in total. The lowest BCUT2D eigenvalue weighted by atomic mass is 10.1. The molecule has 0 N–H and O–H groups in total. The van der Waals surface area contributed by atoms with Gasteiger partial charge in [-0.3, -0.25) is 0 Å². The van der Waals surface area contributed by atoms with Crippen molar-refractivity contribution in [3.05, 3.63) is 119 Å². The molecule has 0 bridgehead atoms. The molecule has 4 aromatic carbocycles. The highest BCUT2D eigenvalue weighted by atomic mass is 16.5. The molecular formula is C29H27NO. The Bertz CT molecular complexity index is 1140. The number of nitrogens with zero attached hydrogens (tertiary/aromatic N) is 1. The van der Waals surface area contributed by atoms with Gasteiger partial charge >= 0.3 is 0 Å². The summed E-state index contributed by atoms with van der Waals surface area (Å²) in [6.45, 7) is 4.27. The van der Waals surface area contributed by atoms with Gasteiger partial charge in [0.2, 0.25) is 0 Å². The van der Waals surface area contributed by atoms with Crippen LogP contribution in [-0.4, -0.2) is 7.11 Å². The fourth-order valence-corrected chi connectivity index (χ4v) is 3.79. The van der Waals surface area contributed by atoms with Crippen molar-refractivity contribution in [3.8, 4) is 5.75 Å². The van der Waals surface area contributed by atoms with Crippen molar-refractivity contribution >= 4 is 29.2 Å². The fourth-order valence-electron chi connectivity index (χ4n) is 3.79. The number of para-hydroxylation sites is 1. The molecule has 0 heterocycles. The number of methoxy groups -OCH3 is 1. The summed E-state index contributed by atoms with van der Waals surface area (Å²) in [6, 6.07) is 33.8. The normalized spacial score (nSPS) is 10.9. The summed E-state index contributed by atoms with van der Waals surface area (Å²) in [5.41, 5.74) is 8.29. The topological polar surface area (TPSA) is 12.5 Å². The molecule has 4 rings (SSSR count). The van der Waals surface area contributed by atoms with Gasteiger partial charge in [-0.15, -0.1) is 0 Å². The summed E-state index contributed by atoms with van der Waals surface area (Å²) in [6.07, 6.45) is 4.34. The molecular weight excluding hydrogens is 378 g/mol. The van der Waals surface area contributed by atoms with Crippen LogP contribution in [0, 0.1) is 13.8 Å². The second-order valence-electron chi connectivity index (χ2n) is 7.71. The SMILES string of the molecule is COc1ccc(N(c2ccccc2)c2ccc(C=Cc3cc(C)cc(C)c3)cc2)cc1. The molecule has 4 aromatic rings. The lowest BCUT2D eigenvalue weighted by Gasteiger charge is -2.25. The summed E-state index contributed by atoms with van der Waals surface area (Å²) in [5, 5.41) is 0. The molecule has 0 spiro atoms. The highest BCUT2D eigenvalue weighted by Gasteiger charge is 2.12. The van der Waals surface area contributed by atoms with Gasteiger partial charge in [0, 0.05) is 17.1 Å². The average molecular weight is 406 g/mol. The third-order valence-corrected chi connectivity index (χ3v) is 5.21. The lowest BCUT2D eigenvalue weighted by Crippen LogP contribution is -2.09. The van der Waals surface area contributed by atoms with Crippen LogP contribution in [0.3, 0.4) is 0 Å². The number of ether oxygens (including phenoxy) is 1. The van der Waals surface area contributed by atoms with Crippen LogP contribution < -0.4 is 9.64 Å². The molecule has 2 heteroatoms. The van der Waals surface area contributed by atoms with Crippen LogP contribution in [-0.2, 0) is 0 Å². The first-order chi connectivity index (χ1) is 15.1. The second kappa shape index (κ2) is 9.36. The minimum Gasteiger partial charge on any atom is -0.497 e. The first-order valence-electron chi connectivity index (χ1n) is 10.5. The van der Waals surface area contributed by atoms with Gasteiger partial charge in [-0.05, 0) is 73.5 Å². The van der Waals surface area contributed by atoms with Crippen molar-refractivity contribution < 1.29 is 4.74 Å². The minimum absolute atomic E-state index is 0.851. The number of hydrogen-bond acceptors (Lipinski definition) is 2. The monoisotopic (exact) mass is 405 g/mol. The summed E-state index contributed by atoms with van der Waals surface area (Å²) in [5.74, 6) is 0.851. The van der Waals surface area contributed by atoms with E-state index in [0.717, 1.165) is 22.8 Å². The summed E-state index contributed by atoms with van der Waals surface area (Å²) in [4.78, 5) is 2.25. The molecule has 0 aliphatic rings. The predicted molar refractivity (Wildman–Crippen MR) is 133 cm³/mol. The van der Waals surface area contributed by atoms with E-state index in [0.29, 0.717) is 0 Å². The van der Waals surface area contributed by atoms with E-state index in [4.69, 9.17) is 4.74 Å². The van der Waals surface area contributed by atoms with Gasteiger partial charge in [0.05, 0.1) is 7.11 Å². The molecule has 0 aliphatic heterocycles. The highest BCUT2D eigenvalue weighted by molar-refractivity contribution is 5.78. The van der Waals surface area contributed by atoms with Gasteiger partial charge in [0.1, 0.15) is 5.75 Å². The molecule has 31 heavy (non-hydrogen) atoms. The van der Waals surface area contributed by atoms with Crippen LogP contribution in [0.1, 0.15) is 22.3 Å². The van der Waals surface area contributed by atoms with Gasteiger partial charge in [-0.1, -0.05) is 71.8 Å². The maximum atomic E-state index is 5.33. The molecule has 0 fully saturated rings. The Morgan fingerprint density at radius 2 is 1.10 bits per heavy atom. The summed E-state index contributed by atoms with van der Waals surface area (Å²) in [7, 11) is 1.69. The first kappa shape index (κ1) is 20.5. The first-order valence-corrected chi connectivity index (χ1v) is 10.5. The number of benzene rings is 4. The van der Waals surface area contributed by atoms with Gasteiger partial charge in [0.15, 0.2) is 0 Å². The minimum atomic E-state index is 0.851. The molecule has 0 unspecified atom stereocenters. The van der Waals surface area contributed by atoms with Crippen molar-refractivity contribution in [2.45, 2.75) is 13.8 Å². The molecule has 0 radical (unpaired) electrons. The maximum Gasteiger partial charge on any atom is 0.119 e. The molecule has 0 atom stereocenters. The Hall–Kier alpha value is -3.78. The number of anilines is 3. The molecule has 154 valence electrons. The van der Waals surface area contributed by atoms with Crippen molar-refractivity contribution in [1.82, 2.24) is 0 Å². The van der Waals surface area contributed by atoms with E-state index in [1.807, 2.05) is 18.2 Å². The standard InChI is InChI=1S/C29H27NO/c1-22-19-23(2)21-25(20-22)10-9-24-11-13-27(14-12-24)30(26-7-5-4-6-8-26)28-15-17-29(31-3)18-16-28/h4-21H,1-3H3. The quantitative estimate of drug-likeness (QED) is 0.302. The Morgan fingerprint density at radius 3 is 1.68 bits per heavy atom. The van der Waals surface area contributed by atoms with Crippen LogP contribution >= 0.6 is 0 Å². The fraction of sp³-hybridized carbons (Fsp3) is 0.103. The number of hydrogen-bond donors (Lipinski definition) is 0. The molecule has 0 saturated heterocycles. The van der Waals surface area contributed by atoms with E-state index >= 15 is 0 Å². The Morgan fingerprint density at radius 1 is 0.581 bits per heavy atom. The van der Waals surface area contributed by atoms with E-state index < -0.39 is 0 Å². The van der Waals surface area contributed by atoms with E-state index in [2.05, 4.69) is 110 Å². The number of rotatable bonds is 6. The van der Waals surface area contributed by atoms with Crippen molar-refractivity contribution in [3.63, 3.8) is 0 Å². The smallest absolute Gasteiger partial charge is 0.119 e. The molecule has 0 saturated carbocycles. The van der Waals surface area contributed by atoms with Crippen LogP contribution in [0.4, 0.5) is 17.1 Å². The van der Waals surface area contributed by atoms with Gasteiger partial charge in [-0.25, -0.2) is 0 Å². The van der Waals surface area contributed by atoms with Crippen LogP contribution in [0.25, 0.3) is 12.2 Å². The zero-order valence-electron chi connectivity index (χ0n) is 18.2. The zero-order chi connectivity index (χ0) is 21.6. The van der Waals surface area contributed by atoms with Crippen molar-refractivity contribution in [2.24, 2.45) is 0 Å². The van der Waals surface area contributed by atoms with Gasteiger partial charge < -0.3 is 9.64 Å². The third kappa shape index (κ3) is 5.04. The number of aryl methyl sites for hydroxylation is 2. The van der Waals surface area contributed by atoms with Crippen molar-refractivity contribution in [2.75, 3.05) is 12.0 Å². The third-order valence-electron chi connectivity index (χ3n) is 5.21. The Labute approximate surface area is 185 Å². The maximum absolute atomic E-state index is 5.33. The second-order valence-corrected chi connectivity index (χ2v) is 7.71. The summed E-state index contributed by atoms with van der Waals surface area (Å²) >= 11 is 0. The van der Waals surface area contributed by atoms with Gasteiger partial charge in [0.25, 0.3) is 0 Å². The van der Waals surface area contributed by atoms with Gasteiger partial charge in [-0.2, -0.15) is 0 Å². The Kier molecular flexibility index (Phi) is 6.18. The van der Waals surface area contributed by atoms with Crippen LogP contribution in [0.2, 0.25) is 0 Å². The molecule has 0 amide bonds. The molecule has 0 aromatic heterocycles. The largest absolute Gasteiger partial charge is 0.497 e. The van der Waals surface area contributed by atoms with E-state index in [-0.39, 0.29) is 0 Å². The molecule has 0 aliphatic carbocycles. The van der Waals surface area contributed by atoms with E-state index in [1.54, 1.807) is 7.11 Å². The van der Waals surface area contributed by atoms with Crippen LogP contribution in [0.5, 0.6) is 5.75 Å². The van der Waals surface area contributed by atoms with Crippen molar-refractivity contribution in [1.29, 1.82) is 0 Å². The van der Waals surface area contributed by atoms with E-state index in [1.165, 1.54) is 22.3 Å². The lowest BCUT2D eigenvalue weighted by molar-refractivity contribution is 0.415. The zero-order valence-corrected chi connectivity index (χ0v) is 18.2. The highest BCUT2D eigenvalue weighted by Crippen LogP contribution is 2.35. The Balaban J connectivity index is 1.64. The van der Waals surface area contributed by atoms with Crippen LogP contribution in [0.15, 0.2) is 97.1 Å². The predicted octanol–water partition coefficient (Wildman–Crippen LogP) is 7.95. The average Bonchev–Trinajstić information content (AvgIpc) is 2.79.